The molecule has 0 saturated heterocycles. The second-order valence-corrected chi connectivity index (χ2v) is 7.58. The number of imidazole rings is 1. The van der Waals surface area contributed by atoms with Gasteiger partial charge in [0.2, 0.25) is 5.91 Å². The van der Waals surface area contributed by atoms with Crippen molar-refractivity contribution in [1.29, 1.82) is 0 Å². The van der Waals surface area contributed by atoms with Crippen LogP contribution in [0.25, 0.3) is 5.65 Å². The summed E-state index contributed by atoms with van der Waals surface area (Å²) in [6.07, 6.45) is 9.97. The summed E-state index contributed by atoms with van der Waals surface area (Å²) in [4.78, 5) is 16.7. The minimum atomic E-state index is 0.182. The molecule has 0 unspecified atom stereocenters. The van der Waals surface area contributed by atoms with Crippen LogP contribution in [-0.2, 0) is 11.3 Å². The van der Waals surface area contributed by atoms with Crippen molar-refractivity contribution in [3.8, 4) is 0 Å². The number of fused-ring (bicyclic) bond motifs is 1. The summed E-state index contributed by atoms with van der Waals surface area (Å²) in [6, 6.07) is 3.94. The van der Waals surface area contributed by atoms with Crippen LogP contribution >= 0.6 is 15.9 Å². The van der Waals surface area contributed by atoms with Crippen LogP contribution in [0.2, 0.25) is 0 Å². The maximum atomic E-state index is 12.2. The molecule has 0 atom stereocenters. The molecule has 4 rings (SSSR count). The lowest BCUT2D eigenvalue weighted by Crippen LogP contribution is -2.26. The number of aromatic nitrogens is 2. The molecule has 116 valence electrons. The molecule has 2 saturated carbocycles. The normalized spacial score (nSPS) is 18.1. The average Bonchev–Trinajstić information content (AvgIpc) is 3.39. The van der Waals surface area contributed by atoms with Crippen molar-refractivity contribution in [3.63, 3.8) is 0 Å². The molecule has 2 fully saturated rings. The Labute approximate surface area is 138 Å². The van der Waals surface area contributed by atoms with E-state index in [1.54, 1.807) is 0 Å². The van der Waals surface area contributed by atoms with E-state index in [-0.39, 0.29) is 5.91 Å². The van der Waals surface area contributed by atoms with E-state index in [0.29, 0.717) is 18.9 Å². The van der Waals surface area contributed by atoms with E-state index in [1.165, 1.54) is 25.7 Å². The lowest BCUT2D eigenvalue weighted by molar-refractivity contribution is -0.122. The lowest BCUT2D eigenvalue weighted by Gasteiger charge is -2.14. The van der Waals surface area contributed by atoms with Crippen LogP contribution in [0.4, 0.5) is 0 Å². The third-order valence-corrected chi connectivity index (χ3v) is 5.28. The Hall–Kier alpha value is -1.36. The standard InChI is InChI=1S/C17H20BrN3O/c18-13-5-6-16-20-14(10-21(16)9-13)8-19-17(22)7-15(11-1-2-11)12-3-4-12/h5-6,9-12,15H,1-4,7-8H2,(H,19,22). The first-order valence-corrected chi connectivity index (χ1v) is 8.88. The van der Waals surface area contributed by atoms with Crippen LogP contribution in [0.15, 0.2) is 29.0 Å². The van der Waals surface area contributed by atoms with Gasteiger partial charge in [-0.2, -0.15) is 0 Å². The maximum absolute atomic E-state index is 12.2. The van der Waals surface area contributed by atoms with E-state index in [9.17, 15) is 4.79 Å². The SMILES string of the molecule is O=C(CC(C1CC1)C1CC1)NCc1cn2cc(Br)ccc2n1. The fraction of sp³-hybridized carbons (Fsp3) is 0.529. The zero-order chi connectivity index (χ0) is 15.1. The molecule has 5 heteroatoms. The second-order valence-electron chi connectivity index (χ2n) is 6.66. The number of pyridine rings is 1. The Morgan fingerprint density at radius 1 is 1.27 bits per heavy atom. The molecular weight excluding hydrogens is 342 g/mol. The summed E-state index contributed by atoms with van der Waals surface area (Å²) in [5.74, 6) is 2.47. The van der Waals surface area contributed by atoms with Crippen molar-refractivity contribution in [2.75, 3.05) is 0 Å². The minimum absolute atomic E-state index is 0.182. The van der Waals surface area contributed by atoms with Crippen molar-refractivity contribution in [2.45, 2.75) is 38.6 Å². The van der Waals surface area contributed by atoms with Gasteiger partial charge in [-0.15, -0.1) is 0 Å². The molecule has 2 aliphatic rings. The first-order chi connectivity index (χ1) is 10.7. The van der Waals surface area contributed by atoms with Gasteiger partial charge in [0.1, 0.15) is 5.65 Å². The summed E-state index contributed by atoms with van der Waals surface area (Å²) in [5.41, 5.74) is 1.81. The molecule has 4 nitrogen and oxygen atoms in total. The van der Waals surface area contributed by atoms with Crippen LogP contribution in [0, 0.1) is 17.8 Å². The van der Waals surface area contributed by atoms with Crippen LogP contribution in [0.5, 0.6) is 0 Å². The zero-order valence-corrected chi connectivity index (χ0v) is 14.1. The van der Waals surface area contributed by atoms with E-state index < -0.39 is 0 Å². The monoisotopic (exact) mass is 361 g/mol. The summed E-state index contributed by atoms with van der Waals surface area (Å²) < 4.78 is 2.99. The Kier molecular flexibility index (Phi) is 3.68. The van der Waals surface area contributed by atoms with Gasteiger partial charge in [-0.05, 0) is 71.5 Å². The first-order valence-electron chi connectivity index (χ1n) is 8.09. The van der Waals surface area contributed by atoms with Gasteiger partial charge in [-0.25, -0.2) is 4.98 Å². The van der Waals surface area contributed by atoms with Crippen molar-refractivity contribution < 1.29 is 4.79 Å². The highest BCUT2D eigenvalue weighted by Crippen LogP contribution is 2.50. The number of hydrogen-bond donors (Lipinski definition) is 1. The molecule has 0 aliphatic heterocycles. The molecular formula is C17H20BrN3O. The predicted octanol–water partition coefficient (Wildman–Crippen LogP) is 3.54. The van der Waals surface area contributed by atoms with Crippen LogP contribution in [0.1, 0.15) is 37.8 Å². The van der Waals surface area contributed by atoms with E-state index in [0.717, 1.165) is 27.6 Å². The van der Waals surface area contributed by atoms with Crippen LogP contribution in [0.3, 0.4) is 0 Å². The van der Waals surface area contributed by atoms with Crippen molar-refractivity contribution in [3.05, 3.63) is 34.7 Å². The fourth-order valence-corrected chi connectivity index (χ4v) is 3.70. The number of hydrogen-bond acceptors (Lipinski definition) is 2. The highest BCUT2D eigenvalue weighted by Gasteiger charge is 2.42. The molecule has 0 bridgehead atoms. The molecule has 0 radical (unpaired) electrons. The lowest BCUT2D eigenvalue weighted by atomic mass is 9.94. The molecule has 22 heavy (non-hydrogen) atoms. The third-order valence-electron chi connectivity index (χ3n) is 4.81. The number of carbonyl (C=O) groups excluding carboxylic acids is 1. The van der Waals surface area contributed by atoms with Gasteiger partial charge in [0.15, 0.2) is 0 Å². The summed E-state index contributed by atoms with van der Waals surface area (Å²) in [7, 11) is 0. The van der Waals surface area contributed by atoms with Gasteiger partial charge in [0.25, 0.3) is 0 Å². The summed E-state index contributed by atoms with van der Waals surface area (Å²) in [6.45, 7) is 0.514. The predicted molar refractivity (Wildman–Crippen MR) is 88.3 cm³/mol. The van der Waals surface area contributed by atoms with Crippen LogP contribution < -0.4 is 5.32 Å². The average molecular weight is 362 g/mol. The van der Waals surface area contributed by atoms with Crippen molar-refractivity contribution in [1.82, 2.24) is 14.7 Å². The zero-order valence-electron chi connectivity index (χ0n) is 12.5. The second kappa shape index (κ2) is 5.69. The molecule has 0 aromatic carbocycles. The number of amides is 1. The molecule has 2 aromatic rings. The Bertz CT molecular complexity index is 691. The van der Waals surface area contributed by atoms with Gasteiger partial charge < -0.3 is 9.72 Å². The van der Waals surface area contributed by atoms with E-state index in [2.05, 4.69) is 26.2 Å². The number of nitrogens with one attached hydrogen (secondary N) is 1. The Balaban J connectivity index is 1.35. The topological polar surface area (TPSA) is 46.4 Å². The minimum Gasteiger partial charge on any atom is -0.350 e. The number of rotatable bonds is 6. The Morgan fingerprint density at radius 2 is 2.00 bits per heavy atom. The van der Waals surface area contributed by atoms with Crippen molar-refractivity contribution >= 4 is 27.5 Å². The van der Waals surface area contributed by atoms with Gasteiger partial charge in [0, 0.05) is 23.3 Å². The van der Waals surface area contributed by atoms with Gasteiger partial charge in [-0.3, -0.25) is 4.79 Å². The number of carbonyl (C=O) groups is 1. The van der Waals surface area contributed by atoms with Gasteiger partial charge in [-0.1, -0.05) is 0 Å². The third kappa shape index (κ3) is 3.19. The molecule has 2 aromatic heterocycles. The first kappa shape index (κ1) is 14.2. The highest BCUT2D eigenvalue weighted by atomic mass is 79.9. The summed E-state index contributed by atoms with van der Waals surface area (Å²) >= 11 is 3.45. The Morgan fingerprint density at radius 3 is 2.68 bits per heavy atom. The van der Waals surface area contributed by atoms with E-state index >= 15 is 0 Å². The van der Waals surface area contributed by atoms with E-state index in [4.69, 9.17) is 0 Å². The van der Waals surface area contributed by atoms with Crippen molar-refractivity contribution in [2.24, 2.45) is 17.8 Å². The smallest absolute Gasteiger partial charge is 0.220 e. The maximum Gasteiger partial charge on any atom is 0.220 e. The molecule has 1 N–H and O–H groups in total. The fourth-order valence-electron chi connectivity index (χ4n) is 3.34. The van der Waals surface area contributed by atoms with E-state index in [1.807, 2.05) is 28.9 Å². The summed E-state index contributed by atoms with van der Waals surface area (Å²) in [5, 5.41) is 3.04. The number of halogens is 1. The largest absolute Gasteiger partial charge is 0.350 e. The highest BCUT2D eigenvalue weighted by molar-refractivity contribution is 9.10. The van der Waals surface area contributed by atoms with Gasteiger partial charge >= 0.3 is 0 Å². The molecule has 1 amide bonds. The quantitative estimate of drug-likeness (QED) is 0.855. The molecule has 2 heterocycles. The molecule has 0 spiro atoms. The van der Waals surface area contributed by atoms with Gasteiger partial charge in [0.05, 0.1) is 12.2 Å². The number of nitrogens with zero attached hydrogens (tertiary/aromatic N) is 2. The molecule has 2 aliphatic carbocycles. The van der Waals surface area contributed by atoms with Crippen LogP contribution in [-0.4, -0.2) is 15.3 Å².